The number of hydrogen-bond donors (Lipinski definition) is 1. The van der Waals surface area contributed by atoms with Crippen LogP contribution < -0.4 is 10.1 Å². The molecule has 8 nitrogen and oxygen atoms in total. The third-order valence-corrected chi connectivity index (χ3v) is 3.56. The summed E-state index contributed by atoms with van der Waals surface area (Å²) in [5, 5.41) is 13.8. The summed E-state index contributed by atoms with van der Waals surface area (Å²) in [7, 11) is 0. The van der Waals surface area contributed by atoms with Crippen LogP contribution in [0.2, 0.25) is 0 Å². The standard InChI is InChI=1S/C19H20N2O6/c1-3-26-17-7-5-6-13(8-17)12-20-18(22)14-9-15(19(23)27-4-2)11-16(10-14)21(24)25/h5-11H,3-4,12H2,1-2H3,(H,20,22). The summed E-state index contributed by atoms with van der Waals surface area (Å²) in [6, 6.07) is 10.7. The molecule has 0 radical (unpaired) electrons. The smallest absolute Gasteiger partial charge is 0.338 e. The number of carbonyl (C=O) groups excluding carboxylic acids is 2. The van der Waals surface area contributed by atoms with Crippen molar-refractivity contribution >= 4 is 17.6 Å². The number of nitrogens with one attached hydrogen (secondary N) is 1. The van der Waals surface area contributed by atoms with Crippen molar-refractivity contribution in [3.63, 3.8) is 0 Å². The van der Waals surface area contributed by atoms with Crippen molar-refractivity contribution in [2.24, 2.45) is 0 Å². The van der Waals surface area contributed by atoms with E-state index in [0.717, 1.165) is 17.7 Å². The SMILES string of the molecule is CCOC(=O)c1cc(C(=O)NCc2cccc(OCC)c2)cc([N+](=O)[O-])c1. The number of rotatable bonds is 8. The lowest BCUT2D eigenvalue weighted by Crippen LogP contribution is -2.23. The quantitative estimate of drug-likeness (QED) is 0.433. The predicted octanol–water partition coefficient (Wildman–Crippen LogP) is 3.10. The third kappa shape index (κ3) is 5.53. The molecule has 0 aliphatic heterocycles. The summed E-state index contributed by atoms with van der Waals surface area (Å²) in [5.74, 6) is -0.574. The number of esters is 1. The van der Waals surface area contributed by atoms with Gasteiger partial charge in [-0.2, -0.15) is 0 Å². The molecule has 0 aromatic heterocycles. The van der Waals surface area contributed by atoms with Gasteiger partial charge in [0.05, 0.1) is 23.7 Å². The van der Waals surface area contributed by atoms with E-state index in [1.54, 1.807) is 25.1 Å². The second-order valence-corrected chi connectivity index (χ2v) is 5.51. The van der Waals surface area contributed by atoms with Gasteiger partial charge in [-0.25, -0.2) is 4.79 Å². The van der Waals surface area contributed by atoms with E-state index < -0.39 is 16.8 Å². The van der Waals surface area contributed by atoms with Gasteiger partial charge >= 0.3 is 5.97 Å². The molecule has 2 aromatic rings. The zero-order valence-corrected chi connectivity index (χ0v) is 15.1. The molecule has 0 aliphatic carbocycles. The van der Waals surface area contributed by atoms with Crippen molar-refractivity contribution in [3.05, 3.63) is 69.3 Å². The Labute approximate surface area is 156 Å². The first-order chi connectivity index (χ1) is 12.9. The Morgan fingerprint density at radius 1 is 1.07 bits per heavy atom. The molecule has 1 N–H and O–H groups in total. The molecule has 0 atom stereocenters. The lowest BCUT2D eigenvalue weighted by Gasteiger charge is -2.09. The van der Waals surface area contributed by atoms with Crippen LogP contribution in [0, 0.1) is 10.1 Å². The number of benzene rings is 2. The van der Waals surface area contributed by atoms with Crippen LogP contribution in [-0.4, -0.2) is 30.0 Å². The van der Waals surface area contributed by atoms with Gasteiger partial charge in [0.1, 0.15) is 5.75 Å². The van der Waals surface area contributed by atoms with E-state index in [2.05, 4.69) is 5.32 Å². The van der Waals surface area contributed by atoms with E-state index in [1.165, 1.54) is 6.07 Å². The highest BCUT2D eigenvalue weighted by atomic mass is 16.6. The number of ether oxygens (including phenoxy) is 2. The maximum absolute atomic E-state index is 12.4. The second kappa shape index (κ2) is 9.33. The number of nitro benzene ring substituents is 1. The zero-order valence-electron chi connectivity index (χ0n) is 15.1. The molecular weight excluding hydrogens is 352 g/mol. The Kier molecular flexibility index (Phi) is 6.87. The van der Waals surface area contributed by atoms with E-state index in [9.17, 15) is 19.7 Å². The highest BCUT2D eigenvalue weighted by Gasteiger charge is 2.18. The molecular formula is C19H20N2O6. The topological polar surface area (TPSA) is 108 Å². The molecule has 0 bridgehead atoms. The van der Waals surface area contributed by atoms with Crippen LogP contribution in [0.15, 0.2) is 42.5 Å². The number of nitro groups is 1. The molecule has 2 rings (SSSR count). The summed E-state index contributed by atoms with van der Waals surface area (Å²) in [6.45, 7) is 4.35. The maximum Gasteiger partial charge on any atom is 0.338 e. The first-order valence-corrected chi connectivity index (χ1v) is 8.41. The van der Waals surface area contributed by atoms with E-state index in [1.807, 2.05) is 13.0 Å². The van der Waals surface area contributed by atoms with Crippen molar-refractivity contribution in [3.8, 4) is 5.75 Å². The Morgan fingerprint density at radius 3 is 2.48 bits per heavy atom. The minimum Gasteiger partial charge on any atom is -0.494 e. The van der Waals surface area contributed by atoms with Crippen LogP contribution >= 0.6 is 0 Å². The highest BCUT2D eigenvalue weighted by Crippen LogP contribution is 2.19. The summed E-state index contributed by atoms with van der Waals surface area (Å²) in [6.07, 6.45) is 0. The van der Waals surface area contributed by atoms with E-state index in [0.29, 0.717) is 12.4 Å². The number of nitrogens with zero attached hydrogens (tertiary/aromatic N) is 1. The Morgan fingerprint density at radius 2 is 1.81 bits per heavy atom. The van der Waals surface area contributed by atoms with Gasteiger partial charge in [-0.15, -0.1) is 0 Å². The van der Waals surface area contributed by atoms with Gasteiger partial charge in [-0.1, -0.05) is 12.1 Å². The molecule has 0 fully saturated rings. The first-order valence-electron chi connectivity index (χ1n) is 8.41. The molecule has 142 valence electrons. The lowest BCUT2D eigenvalue weighted by atomic mass is 10.1. The lowest BCUT2D eigenvalue weighted by molar-refractivity contribution is -0.384. The summed E-state index contributed by atoms with van der Waals surface area (Å²) in [4.78, 5) is 34.7. The van der Waals surface area contributed by atoms with Gasteiger partial charge in [-0.05, 0) is 37.6 Å². The van der Waals surface area contributed by atoms with Crippen LogP contribution in [0.1, 0.15) is 40.1 Å². The molecule has 0 heterocycles. The van der Waals surface area contributed by atoms with Gasteiger partial charge in [0.25, 0.3) is 11.6 Å². The van der Waals surface area contributed by atoms with Gasteiger partial charge in [-0.3, -0.25) is 14.9 Å². The molecule has 0 spiro atoms. The molecule has 0 saturated carbocycles. The largest absolute Gasteiger partial charge is 0.494 e. The van der Waals surface area contributed by atoms with Crippen molar-refractivity contribution < 1.29 is 24.0 Å². The fourth-order valence-electron chi connectivity index (χ4n) is 2.38. The zero-order chi connectivity index (χ0) is 19.8. The van der Waals surface area contributed by atoms with E-state index in [-0.39, 0.29) is 30.0 Å². The van der Waals surface area contributed by atoms with Gasteiger partial charge in [0, 0.05) is 24.2 Å². The number of carbonyl (C=O) groups is 2. The molecule has 1 amide bonds. The Hall–Kier alpha value is -3.42. The molecule has 0 unspecified atom stereocenters. The number of amides is 1. The van der Waals surface area contributed by atoms with Crippen LogP contribution in [0.5, 0.6) is 5.75 Å². The fraction of sp³-hybridized carbons (Fsp3) is 0.263. The van der Waals surface area contributed by atoms with Crippen LogP contribution in [0.4, 0.5) is 5.69 Å². The Bertz CT molecular complexity index is 850. The van der Waals surface area contributed by atoms with Crippen molar-refractivity contribution in [1.82, 2.24) is 5.32 Å². The predicted molar refractivity (Wildman–Crippen MR) is 97.8 cm³/mol. The molecule has 2 aromatic carbocycles. The summed E-state index contributed by atoms with van der Waals surface area (Å²) >= 11 is 0. The van der Waals surface area contributed by atoms with E-state index in [4.69, 9.17) is 9.47 Å². The second-order valence-electron chi connectivity index (χ2n) is 5.51. The van der Waals surface area contributed by atoms with Crippen LogP contribution in [0.25, 0.3) is 0 Å². The van der Waals surface area contributed by atoms with Gasteiger partial charge in [0.15, 0.2) is 0 Å². The van der Waals surface area contributed by atoms with E-state index >= 15 is 0 Å². The number of non-ortho nitro benzene ring substituents is 1. The van der Waals surface area contributed by atoms with Crippen LogP contribution in [-0.2, 0) is 11.3 Å². The summed E-state index contributed by atoms with van der Waals surface area (Å²) < 4.78 is 10.3. The third-order valence-electron chi connectivity index (χ3n) is 3.56. The fourth-order valence-corrected chi connectivity index (χ4v) is 2.38. The van der Waals surface area contributed by atoms with Gasteiger partial charge < -0.3 is 14.8 Å². The van der Waals surface area contributed by atoms with Crippen molar-refractivity contribution in [2.45, 2.75) is 20.4 Å². The average Bonchev–Trinajstić information content (AvgIpc) is 2.66. The highest BCUT2D eigenvalue weighted by molar-refractivity contribution is 5.99. The summed E-state index contributed by atoms with van der Waals surface area (Å²) in [5.41, 5.74) is 0.414. The van der Waals surface area contributed by atoms with Crippen molar-refractivity contribution in [1.29, 1.82) is 0 Å². The minimum absolute atomic E-state index is 0.00761. The molecule has 0 aliphatic rings. The number of hydrogen-bond acceptors (Lipinski definition) is 6. The monoisotopic (exact) mass is 372 g/mol. The maximum atomic E-state index is 12.4. The van der Waals surface area contributed by atoms with Crippen molar-refractivity contribution in [2.75, 3.05) is 13.2 Å². The molecule has 27 heavy (non-hydrogen) atoms. The molecule has 8 heteroatoms. The average molecular weight is 372 g/mol. The molecule has 0 saturated heterocycles. The minimum atomic E-state index is -0.723. The Balaban J connectivity index is 2.18. The normalized spacial score (nSPS) is 10.1. The van der Waals surface area contributed by atoms with Crippen LogP contribution in [0.3, 0.4) is 0 Å². The van der Waals surface area contributed by atoms with Gasteiger partial charge in [0.2, 0.25) is 0 Å². The first kappa shape index (κ1) is 19.9.